The molecule has 2 aromatic carbocycles. The topological polar surface area (TPSA) is 96.3 Å². The van der Waals surface area contributed by atoms with Crippen LogP contribution in [0.3, 0.4) is 0 Å². The highest BCUT2D eigenvalue weighted by Gasteiger charge is 2.45. The molecule has 9 heteroatoms. The summed E-state index contributed by atoms with van der Waals surface area (Å²) >= 11 is 5.99. The number of fused-ring (bicyclic) bond motifs is 2. The van der Waals surface area contributed by atoms with Crippen molar-refractivity contribution in [1.82, 2.24) is 20.0 Å². The van der Waals surface area contributed by atoms with Gasteiger partial charge in [0, 0.05) is 24.3 Å². The quantitative estimate of drug-likeness (QED) is 0.624. The SMILES string of the molecule is Cc1cc(C(=O)N[C@H]2CCN3C(=O)c4cc(-c5ccc(Cl)cc5)ccc4NC(=O)[C@H]23)nn1C. The van der Waals surface area contributed by atoms with E-state index < -0.39 is 12.1 Å². The lowest BCUT2D eigenvalue weighted by Gasteiger charge is -2.24. The largest absolute Gasteiger partial charge is 0.345 e. The Bertz CT molecular complexity index is 1260. The molecule has 33 heavy (non-hydrogen) atoms. The van der Waals surface area contributed by atoms with Crippen LogP contribution in [-0.2, 0) is 11.8 Å². The molecule has 1 aromatic heterocycles. The molecule has 0 unspecified atom stereocenters. The van der Waals surface area contributed by atoms with E-state index in [0.717, 1.165) is 16.8 Å². The second-order valence-electron chi connectivity index (χ2n) is 8.36. The monoisotopic (exact) mass is 463 g/mol. The van der Waals surface area contributed by atoms with Gasteiger partial charge in [0.05, 0.1) is 17.3 Å². The third-order valence-electron chi connectivity index (χ3n) is 6.28. The average Bonchev–Trinajstić information content (AvgIpc) is 3.34. The molecule has 0 aliphatic carbocycles. The Morgan fingerprint density at radius 2 is 1.85 bits per heavy atom. The van der Waals surface area contributed by atoms with E-state index in [1.54, 1.807) is 47.0 Å². The van der Waals surface area contributed by atoms with Gasteiger partial charge in [-0.1, -0.05) is 29.8 Å². The van der Waals surface area contributed by atoms with Crippen molar-refractivity contribution in [2.24, 2.45) is 7.05 Å². The normalized spacial score (nSPS) is 19.5. The predicted molar refractivity (Wildman–Crippen MR) is 124 cm³/mol. The van der Waals surface area contributed by atoms with E-state index in [9.17, 15) is 14.4 Å². The summed E-state index contributed by atoms with van der Waals surface area (Å²) in [5.41, 5.74) is 3.78. The van der Waals surface area contributed by atoms with Crippen molar-refractivity contribution in [3.05, 3.63) is 70.5 Å². The van der Waals surface area contributed by atoms with E-state index in [1.807, 2.05) is 25.1 Å². The number of aromatic nitrogens is 2. The summed E-state index contributed by atoms with van der Waals surface area (Å²) in [5, 5.41) is 10.6. The van der Waals surface area contributed by atoms with Crippen molar-refractivity contribution >= 4 is 35.0 Å². The van der Waals surface area contributed by atoms with Crippen LogP contribution in [0.1, 0.15) is 33.0 Å². The second kappa shape index (κ2) is 8.04. The molecule has 2 aliphatic rings. The predicted octanol–water partition coefficient (Wildman–Crippen LogP) is 3.01. The van der Waals surface area contributed by atoms with Crippen LogP contribution in [0.5, 0.6) is 0 Å². The van der Waals surface area contributed by atoms with Crippen molar-refractivity contribution in [3.63, 3.8) is 0 Å². The molecule has 0 spiro atoms. The molecule has 168 valence electrons. The van der Waals surface area contributed by atoms with Gasteiger partial charge < -0.3 is 15.5 Å². The lowest BCUT2D eigenvalue weighted by molar-refractivity contribution is -0.120. The van der Waals surface area contributed by atoms with Crippen LogP contribution in [0, 0.1) is 6.92 Å². The van der Waals surface area contributed by atoms with Crippen molar-refractivity contribution in [2.75, 3.05) is 11.9 Å². The number of aryl methyl sites for hydroxylation is 2. The number of benzene rings is 2. The zero-order valence-electron chi connectivity index (χ0n) is 18.1. The van der Waals surface area contributed by atoms with Crippen LogP contribution in [0.25, 0.3) is 11.1 Å². The van der Waals surface area contributed by atoms with Crippen molar-refractivity contribution in [1.29, 1.82) is 0 Å². The molecule has 2 atom stereocenters. The summed E-state index contributed by atoms with van der Waals surface area (Å²) in [6.45, 7) is 2.22. The van der Waals surface area contributed by atoms with Gasteiger partial charge in [0.15, 0.2) is 0 Å². The van der Waals surface area contributed by atoms with Crippen LogP contribution in [-0.4, -0.2) is 51.0 Å². The highest BCUT2D eigenvalue weighted by Crippen LogP contribution is 2.32. The summed E-state index contributed by atoms with van der Waals surface area (Å²) in [6.07, 6.45) is 0.480. The molecule has 3 aromatic rings. The number of hydrogen-bond donors (Lipinski definition) is 2. The van der Waals surface area contributed by atoms with Crippen LogP contribution < -0.4 is 10.6 Å². The van der Waals surface area contributed by atoms with E-state index >= 15 is 0 Å². The van der Waals surface area contributed by atoms with Crippen molar-refractivity contribution in [2.45, 2.75) is 25.4 Å². The summed E-state index contributed by atoms with van der Waals surface area (Å²) in [4.78, 5) is 40.8. The van der Waals surface area contributed by atoms with Gasteiger partial charge in [-0.2, -0.15) is 5.10 Å². The van der Waals surface area contributed by atoms with Crippen LogP contribution >= 0.6 is 11.6 Å². The number of carbonyl (C=O) groups excluding carboxylic acids is 3. The molecule has 1 fully saturated rings. The Hall–Kier alpha value is -3.65. The third kappa shape index (κ3) is 3.76. The number of nitrogens with one attached hydrogen (secondary N) is 2. The van der Waals surface area contributed by atoms with Gasteiger partial charge in [-0.05, 0) is 54.8 Å². The minimum absolute atomic E-state index is 0.241. The maximum absolute atomic E-state index is 13.4. The lowest BCUT2D eigenvalue weighted by Crippen LogP contribution is -2.51. The molecule has 8 nitrogen and oxygen atoms in total. The molecule has 3 amide bonds. The second-order valence-corrected chi connectivity index (χ2v) is 8.80. The van der Waals surface area contributed by atoms with Crippen LogP contribution in [0.15, 0.2) is 48.5 Å². The number of hydrogen-bond acceptors (Lipinski definition) is 4. The first kappa shape index (κ1) is 21.2. The fourth-order valence-corrected chi connectivity index (χ4v) is 4.55. The van der Waals surface area contributed by atoms with Crippen LogP contribution in [0.2, 0.25) is 5.02 Å². The first-order chi connectivity index (χ1) is 15.8. The van der Waals surface area contributed by atoms with Crippen molar-refractivity contribution in [3.8, 4) is 11.1 Å². The Morgan fingerprint density at radius 3 is 2.55 bits per heavy atom. The Morgan fingerprint density at radius 1 is 1.12 bits per heavy atom. The molecule has 2 aliphatic heterocycles. The third-order valence-corrected chi connectivity index (χ3v) is 6.53. The number of carbonyl (C=O) groups is 3. The van der Waals surface area contributed by atoms with Gasteiger partial charge >= 0.3 is 0 Å². The fourth-order valence-electron chi connectivity index (χ4n) is 4.42. The Balaban J connectivity index is 1.42. The first-order valence-electron chi connectivity index (χ1n) is 10.6. The van der Waals surface area contributed by atoms with Crippen molar-refractivity contribution < 1.29 is 14.4 Å². The minimum atomic E-state index is -0.794. The number of nitrogens with zero attached hydrogens (tertiary/aromatic N) is 3. The van der Waals surface area contributed by atoms with Crippen LogP contribution in [0.4, 0.5) is 5.69 Å². The standard InChI is InChI=1S/C24H22ClN5O3/c1-13-11-20(28-29(13)2)22(31)27-19-9-10-30-21(19)23(32)26-18-8-5-15(12-17(18)24(30)33)14-3-6-16(25)7-4-14/h3-8,11-12,19,21H,9-10H2,1-2H3,(H,26,32)(H,27,31)/t19-,21-/m0/s1. The van der Waals surface area contributed by atoms with Gasteiger partial charge in [0.1, 0.15) is 11.7 Å². The smallest absolute Gasteiger partial charge is 0.272 e. The van der Waals surface area contributed by atoms with E-state index in [-0.39, 0.29) is 23.4 Å². The number of anilines is 1. The highest BCUT2D eigenvalue weighted by atomic mass is 35.5. The average molecular weight is 464 g/mol. The molecule has 3 heterocycles. The zero-order valence-corrected chi connectivity index (χ0v) is 18.9. The molecule has 0 radical (unpaired) electrons. The van der Waals surface area contributed by atoms with E-state index in [1.165, 1.54) is 0 Å². The fraction of sp³-hybridized carbons (Fsp3) is 0.250. The summed E-state index contributed by atoms with van der Waals surface area (Å²) in [7, 11) is 1.76. The molecule has 2 N–H and O–H groups in total. The Kier molecular flexibility index (Phi) is 5.17. The van der Waals surface area contributed by atoms with E-state index in [0.29, 0.717) is 29.2 Å². The zero-order chi connectivity index (χ0) is 23.3. The molecular weight excluding hydrogens is 442 g/mol. The molecular formula is C24H22ClN5O3. The van der Waals surface area contributed by atoms with E-state index in [2.05, 4.69) is 15.7 Å². The maximum atomic E-state index is 13.4. The Labute approximate surface area is 195 Å². The molecule has 1 saturated heterocycles. The van der Waals surface area contributed by atoms with Gasteiger partial charge in [-0.3, -0.25) is 19.1 Å². The van der Waals surface area contributed by atoms with Gasteiger partial charge in [0.25, 0.3) is 11.8 Å². The van der Waals surface area contributed by atoms with Gasteiger partial charge in [-0.15, -0.1) is 0 Å². The van der Waals surface area contributed by atoms with Gasteiger partial charge in [0.2, 0.25) is 5.91 Å². The number of halogens is 1. The highest BCUT2D eigenvalue weighted by molar-refractivity contribution is 6.30. The first-order valence-corrected chi connectivity index (χ1v) is 11.0. The number of rotatable bonds is 3. The molecule has 0 saturated carbocycles. The molecule has 0 bridgehead atoms. The lowest BCUT2D eigenvalue weighted by atomic mass is 10.0. The summed E-state index contributed by atoms with van der Waals surface area (Å²) in [5.74, 6) is -0.923. The maximum Gasteiger partial charge on any atom is 0.272 e. The summed E-state index contributed by atoms with van der Waals surface area (Å²) in [6, 6.07) is 13.1. The minimum Gasteiger partial charge on any atom is -0.345 e. The summed E-state index contributed by atoms with van der Waals surface area (Å²) < 4.78 is 1.62. The van der Waals surface area contributed by atoms with Gasteiger partial charge in [-0.25, -0.2) is 0 Å². The number of amides is 3. The van der Waals surface area contributed by atoms with E-state index in [4.69, 9.17) is 11.6 Å². The molecule has 5 rings (SSSR count).